The van der Waals surface area contributed by atoms with E-state index in [1.807, 2.05) is 13.8 Å². The van der Waals surface area contributed by atoms with E-state index < -0.39 is 79.3 Å². The van der Waals surface area contributed by atoms with Crippen LogP contribution < -0.4 is 0 Å². The summed E-state index contributed by atoms with van der Waals surface area (Å²) in [6.45, 7) is 40.4. The average Bonchev–Trinajstić information content (AvgIpc) is 3.88. The van der Waals surface area contributed by atoms with Crippen LogP contribution in [0.4, 0.5) is 0 Å². The number of allylic oxidation sites excluding steroid dienone is 2. The first-order valence-corrected chi connectivity index (χ1v) is 37.1. The first-order chi connectivity index (χ1) is 34.3. The summed E-state index contributed by atoms with van der Waals surface area (Å²) in [4.78, 5) is 15.2. The molecule has 3 unspecified atom stereocenters. The zero-order valence-corrected chi connectivity index (χ0v) is 52.1. The highest BCUT2D eigenvalue weighted by Crippen LogP contribution is 2.53. The number of carbonyl (C=O) groups excluding carboxylic acids is 1. The highest BCUT2D eigenvalue weighted by atomic mass is 28.4. The van der Waals surface area contributed by atoms with Crippen LogP contribution in [0.1, 0.15) is 121 Å². The summed E-state index contributed by atoms with van der Waals surface area (Å²) in [7, 11) is -3.40. The highest BCUT2D eigenvalue weighted by molar-refractivity contribution is 6.74. The second kappa shape index (κ2) is 23.0. The largest absolute Gasteiger partial charge is 0.462 e. The monoisotopic (exact) mass is 1090 g/mol. The third-order valence-electron chi connectivity index (χ3n) is 17.7. The van der Waals surface area contributed by atoms with Crippen LogP contribution in [-0.4, -0.2) is 149 Å². The van der Waals surface area contributed by atoms with Gasteiger partial charge in [0.25, 0.3) is 0 Å². The van der Waals surface area contributed by atoms with Gasteiger partial charge in [-0.25, -0.2) is 0 Å². The minimum Gasteiger partial charge on any atom is -0.462 e. The first kappa shape index (κ1) is 60.2. The number of fused-ring (bicyclic) bond motifs is 2. The van der Waals surface area contributed by atoms with Crippen LogP contribution >= 0.6 is 0 Å². The molecule has 0 aromatic rings. The predicted molar refractivity (Wildman–Crippen MR) is 294 cm³/mol. The Morgan fingerprint density at radius 3 is 1.95 bits per heavy atom. The van der Waals surface area contributed by atoms with E-state index in [0.29, 0.717) is 38.7 Å². The number of ether oxygens (including phenoxy) is 10. The third-order valence-corrected chi connectivity index (χ3v) is 27.6. The molecular weight excluding hydrogens is 993 g/mol. The van der Waals surface area contributed by atoms with Gasteiger partial charge in [-0.1, -0.05) is 78.8 Å². The third kappa shape index (κ3) is 13.1. The van der Waals surface area contributed by atoms with Crippen molar-refractivity contribution < 1.29 is 65.4 Å². The molecule has 0 aromatic carbocycles. The fourth-order valence-corrected chi connectivity index (χ4v) is 15.7. The van der Waals surface area contributed by atoms with Crippen LogP contribution in [0.25, 0.3) is 0 Å². The van der Waals surface area contributed by atoms with Gasteiger partial charge in [0.2, 0.25) is 0 Å². The molecule has 74 heavy (non-hydrogen) atoms. The summed E-state index contributed by atoms with van der Waals surface area (Å²) >= 11 is 0. The van der Waals surface area contributed by atoms with E-state index in [1.54, 1.807) is 14.2 Å². The summed E-state index contributed by atoms with van der Waals surface area (Å²) < 4.78 is 88.1. The lowest BCUT2D eigenvalue weighted by atomic mass is 9.71. The topological polar surface area (TPSA) is 137 Å². The highest BCUT2D eigenvalue weighted by Gasteiger charge is 2.64. The van der Waals surface area contributed by atoms with Crippen molar-refractivity contribution in [3.63, 3.8) is 0 Å². The van der Waals surface area contributed by atoms with E-state index in [1.165, 1.54) is 0 Å². The Morgan fingerprint density at radius 2 is 1.35 bits per heavy atom. The van der Waals surface area contributed by atoms with Crippen LogP contribution in [0.5, 0.6) is 0 Å². The molecule has 5 saturated heterocycles. The van der Waals surface area contributed by atoms with Crippen LogP contribution in [0.15, 0.2) is 47.1 Å². The van der Waals surface area contributed by atoms with E-state index in [0.717, 1.165) is 29.6 Å². The Hall–Kier alpha value is -1.40. The minimum absolute atomic E-state index is 0.0457. The summed E-state index contributed by atoms with van der Waals surface area (Å²) in [6.07, 6.45) is 9.84. The van der Waals surface area contributed by atoms with E-state index in [4.69, 9.17) is 60.6 Å². The number of carbonyl (C=O) groups is 1. The van der Waals surface area contributed by atoms with Gasteiger partial charge in [-0.2, -0.15) is 0 Å². The van der Waals surface area contributed by atoms with E-state index in [9.17, 15) is 0 Å². The molecule has 5 fully saturated rings. The molecule has 0 N–H and O–H groups in total. The maximum absolute atomic E-state index is 15.2. The van der Waals surface area contributed by atoms with Gasteiger partial charge >= 0.3 is 5.97 Å². The molecule has 1 aliphatic carbocycles. The van der Waals surface area contributed by atoms with Crippen LogP contribution in [0.3, 0.4) is 0 Å². The predicted octanol–water partition coefficient (Wildman–Crippen LogP) is 11.5. The number of rotatable bonds is 12. The van der Waals surface area contributed by atoms with E-state index in [-0.39, 0.29) is 71.3 Å². The van der Waals surface area contributed by atoms with Crippen molar-refractivity contribution in [2.45, 2.75) is 268 Å². The molecule has 6 heterocycles. The van der Waals surface area contributed by atoms with Crippen LogP contribution in [-0.2, 0) is 65.4 Å². The van der Waals surface area contributed by atoms with Crippen molar-refractivity contribution in [3.05, 3.63) is 47.1 Å². The van der Waals surface area contributed by atoms with E-state index in [2.05, 4.69) is 139 Å². The minimum atomic E-state index is -2.42. The van der Waals surface area contributed by atoms with Crippen molar-refractivity contribution in [1.82, 2.24) is 0 Å². The van der Waals surface area contributed by atoms with Gasteiger partial charge in [-0.15, -0.1) is 0 Å². The van der Waals surface area contributed by atoms with Crippen molar-refractivity contribution in [2.24, 2.45) is 11.8 Å². The molecule has 17 heteroatoms. The SMILES string of the molecule is CO[C@H]1C[C@H](OC2/C(C)=C/C[C@@H]3C[C@@H](C[C@]4(CCCO4)O3)OC(=O)C3C=C(C)[C@@H](O[Si](C)(C)C(C)(C)C)[C@H]4OC/C(=C\C=C\[C@@H]2C)[C@@]34O[Si](C)(C)C)O[C@@H](C)C1O[C@H]1C[C@H](OC)[C@@H](O[Si](C)(C)C(C)(C)C)[C@H](C)O1. The molecule has 422 valence electrons. The smallest absolute Gasteiger partial charge is 0.316 e. The number of hydrogen-bond donors (Lipinski definition) is 0. The van der Waals surface area contributed by atoms with Gasteiger partial charge in [-0.05, 0) is 113 Å². The molecule has 0 saturated carbocycles. The lowest BCUT2D eigenvalue weighted by Gasteiger charge is -2.51. The van der Waals surface area contributed by atoms with Crippen LogP contribution in [0.2, 0.25) is 55.9 Å². The van der Waals surface area contributed by atoms with Gasteiger partial charge in [0, 0.05) is 52.2 Å². The molecule has 14 nitrogen and oxygen atoms in total. The van der Waals surface area contributed by atoms with Crippen molar-refractivity contribution in [3.8, 4) is 0 Å². The Bertz CT molecular complexity index is 2060. The summed E-state index contributed by atoms with van der Waals surface area (Å²) in [5, 5.41) is -0.0114. The van der Waals surface area contributed by atoms with Gasteiger partial charge < -0.3 is 60.6 Å². The number of methoxy groups -OCH3 is 2. The number of esters is 1. The summed E-state index contributed by atoms with van der Waals surface area (Å²) in [5.74, 6) is -2.03. The average molecular weight is 1090 g/mol. The van der Waals surface area contributed by atoms with Crippen molar-refractivity contribution in [1.29, 1.82) is 0 Å². The maximum Gasteiger partial charge on any atom is 0.316 e. The Labute approximate surface area is 449 Å². The standard InChI is InChI=1S/C57H98O14Si3/c1-35-23-21-24-40-34-61-52-49(69-73(17,18)54(6,7)8)37(3)29-43(57(40,52)71-72(14,15)16)53(58)65-42-30-41(68-56(33-42)27-22-28-62-56)26-25-36(2)48(35)66-46-31-44(59-12)50(38(4)63-46)67-47-32-45(60-13)51(39(5)64-47)70-74(19,20)55(9,10)11/h21,23-25,29,35,38-39,41-52H,22,26-28,30-34H2,1-20H3/b23-21+,36-25+,40-24+/t35-,38-,39-,41+,42-,43?,44-,45-,46-,47-,48?,49+,50?,51-,52+,56-,57+/m0/s1. The van der Waals surface area contributed by atoms with Crippen molar-refractivity contribution >= 4 is 30.9 Å². The van der Waals surface area contributed by atoms with Gasteiger partial charge in [0.1, 0.15) is 29.8 Å². The molecule has 0 radical (unpaired) electrons. The van der Waals surface area contributed by atoms with E-state index >= 15 is 4.79 Å². The molecule has 17 atom stereocenters. The van der Waals surface area contributed by atoms with Gasteiger partial charge in [-0.3, -0.25) is 4.79 Å². The molecular formula is C57H98O14Si3. The fourth-order valence-electron chi connectivity index (χ4n) is 11.7. The molecule has 7 rings (SSSR count). The lowest BCUT2D eigenvalue weighted by Crippen LogP contribution is -2.64. The second-order valence-electron chi connectivity index (χ2n) is 26.7. The maximum atomic E-state index is 15.2. The van der Waals surface area contributed by atoms with Crippen molar-refractivity contribution in [2.75, 3.05) is 27.4 Å². The molecule has 6 aliphatic heterocycles. The number of hydrogen-bond acceptors (Lipinski definition) is 14. The molecule has 1 spiro atoms. The quantitative estimate of drug-likeness (QED) is 0.104. The Kier molecular flexibility index (Phi) is 18.7. The molecule has 0 amide bonds. The van der Waals surface area contributed by atoms with Gasteiger partial charge in [0.15, 0.2) is 43.3 Å². The first-order valence-electron chi connectivity index (χ1n) is 27.9. The molecule has 7 aliphatic rings. The Morgan fingerprint density at radius 1 is 0.743 bits per heavy atom. The Balaban J connectivity index is 1.19. The zero-order chi connectivity index (χ0) is 54.6. The lowest BCUT2D eigenvalue weighted by molar-refractivity contribution is -0.317. The fraction of sp³-hybridized carbons (Fsp3) is 0.842. The van der Waals surface area contributed by atoms with Crippen LogP contribution in [0, 0.1) is 11.8 Å². The molecule has 0 aromatic heterocycles. The molecule has 2 bridgehead atoms. The summed E-state index contributed by atoms with van der Waals surface area (Å²) in [5.41, 5.74) is 1.73. The second-order valence-corrected chi connectivity index (χ2v) is 40.7. The zero-order valence-electron chi connectivity index (χ0n) is 49.1. The van der Waals surface area contributed by atoms with Gasteiger partial charge in [0.05, 0.1) is 62.0 Å². The summed E-state index contributed by atoms with van der Waals surface area (Å²) in [6, 6.07) is 0. The normalized spacial score (nSPS) is 41.9.